The van der Waals surface area contributed by atoms with E-state index in [0.29, 0.717) is 10.3 Å². The van der Waals surface area contributed by atoms with Crippen LogP contribution in [0.3, 0.4) is 0 Å². The van der Waals surface area contributed by atoms with Crippen molar-refractivity contribution >= 4 is 23.2 Å². The number of allylic oxidation sites excluding steroid dienone is 2. The van der Waals surface area contributed by atoms with Gasteiger partial charge in [0.1, 0.15) is 16.1 Å². The molecule has 0 radical (unpaired) electrons. The smallest absolute Gasteiger partial charge is 0.123 e. The molecule has 1 aromatic rings. The van der Waals surface area contributed by atoms with E-state index in [-0.39, 0.29) is 0 Å². The van der Waals surface area contributed by atoms with E-state index in [4.69, 9.17) is 27.9 Å². The molecule has 1 aliphatic rings. The van der Waals surface area contributed by atoms with Crippen molar-refractivity contribution in [2.45, 2.75) is 6.42 Å². The highest BCUT2D eigenvalue weighted by molar-refractivity contribution is 6.31. The van der Waals surface area contributed by atoms with Crippen LogP contribution in [0.4, 0.5) is 0 Å². The predicted octanol–water partition coefficient (Wildman–Crippen LogP) is 3.22. The molecular formula is C13H14Cl2N2O. The highest BCUT2D eigenvalue weighted by Crippen LogP contribution is 2.17. The molecule has 1 aromatic carbocycles. The summed E-state index contributed by atoms with van der Waals surface area (Å²) in [7, 11) is 1.66. The number of rotatable bonds is 4. The van der Waals surface area contributed by atoms with E-state index in [1.807, 2.05) is 29.3 Å². The van der Waals surface area contributed by atoms with E-state index in [1.54, 1.807) is 19.3 Å². The fraction of sp³-hybridized carbons (Fsp3) is 0.231. The lowest BCUT2D eigenvalue weighted by Crippen LogP contribution is -2.37. The summed E-state index contributed by atoms with van der Waals surface area (Å²) < 4.78 is 5.12. The third-order valence-corrected chi connectivity index (χ3v) is 3.19. The van der Waals surface area contributed by atoms with Gasteiger partial charge in [-0.3, -0.25) is 10.4 Å². The van der Waals surface area contributed by atoms with E-state index in [9.17, 15) is 0 Å². The van der Waals surface area contributed by atoms with E-state index in [1.165, 1.54) is 5.56 Å². The zero-order valence-electron chi connectivity index (χ0n) is 9.99. The molecule has 3 nitrogen and oxygen atoms in total. The first-order chi connectivity index (χ1) is 8.69. The second-order valence-electron chi connectivity index (χ2n) is 3.87. The lowest BCUT2D eigenvalue weighted by atomic mass is 10.1. The highest BCUT2D eigenvalue weighted by atomic mass is 35.5. The number of benzene rings is 1. The third kappa shape index (κ3) is 3.34. The minimum absolute atomic E-state index is 0.564. The Kier molecular flexibility index (Phi) is 4.39. The number of nitrogens with one attached hydrogen (secondary N) is 1. The second-order valence-corrected chi connectivity index (χ2v) is 4.66. The van der Waals surface area contributed by atoms with Crippen LogP contribution in [0.1, 0.15) is 5.56 Å². The van der Waals surface area contributed by atoms with E-state index in [0.717, 1.165) is 18.7 Å². The lowest BCUT2D eigenvalue weighted by molar-refractivity contribution is 0.300. The summed E-state index contributed by atoms with van der Waals surface area (Å²) >= 11 is 11.9. The summed E-state index contributed by atoms with van der Waals surface area (Å²) in [6, 6.07) is 7.97. The Morgan fingerprint density at radius 2 is 1.89 bits per heavy atom. The molecule has 0 atom stereocenters. The molecule has 0 bridgehead atoms. The minimum atomic E-state index is 0.564. The Labute approximate surface area is 117 Å². The number of methoxy groups -OCH3 is 1. The molecule has 0 saturated heterocycles. The average molecular weight is 285 g/mol. The SMILES string of the molecule is COc1ccc(CCN2NC(Cl)=CC=C2Cl)cc1. The molecule has 0 aromatic heterocycles. The molecule has 1 aliphatic heterocycles. The largest absolute Gasteiger partial charge is 0.497 e. The van der Waals surface area contributed by atoms with Gasteiger partial charge in [0.25, 0.3) is 0 Å². The average Bonchev–Trinajstić information content (AvgIpc) is 2.40. The van der Waals surface area contributed by atoms with Crippen molar-refractivity contribution in [1.29, 1.82) is 0 Å². The van der Waals surface area contributed by atoms with Crippen molar-refractivity contribution in [2.24, 2.45) is 0 Å². The molecule has 0 aliphatic carbocycles. The van der Waals surface area contributed by atoms with Crippen molar-refractivity contribution in [2.75, 3.05) is 13.7 Å². The molecule has 0 fully saturated rings. The summed E-state index contributed by atoms with van der Waals surface area (Å²) in [5, 5.41) is 3.01. The number of nitrogens with zero attached hydrogens (tertiary/aromatic N) is 1. The highest BCUT2D eigenvalue weighted by Gasteiger charge is 2.11. The molecule has 1 heterocycles. The van der Waals surface area contributed by atoms with Crippen molar-refractivity contribution < 1.29 is 4.74 Å². The zero-order chi connectivity index (χ0) is 13.0. The molecule has 18 heavy (non-hydrogen) atoms. The van der Waals surface area contributed by atoms with E-state index >= 15 is 0 Å². The van der Waals surface area contributed by atoms with Gasteiger partial charge in [0, 0.05) is 6.54 Å². The van der Waals surface area contributed by atoms with Gasteiger partial charge in [-0.15, -0.1) is 0 Å². The zero-order valence-corrected chi connectivity index (χ0v) is 11.5. The summed E-state index contributed by atoms with van der Waals surface area (Å²) in [5.41, 5.74) is 4.21. The van der Waals surface area contributed by atoms with Gasteiger partial charge in [-0.25, -0.2) is 0 Å². The molecule has 2 rings (SSSR count). The fourth-order valence-corrected chi connectivity index (χ4v) is 2.00. The van der Waals surface area contributed by atoms with Crippen molar-refractivity contribution in [1.82, 2.24) is 10.4 Å². The number of halogens is 2. The van der Waals surface area contributed by atoms with Crippen LogP contribution in [0, 0.1) is 0 Å². The summed E-state index contributed by atoms with van der Waals surface area (Å²) in [5.74, 6) is 0.860. The molecule has 0 saturated carbocycles. The first kappa shape index (κ1) is 13.1. The Morgan fingerprint density at radius 1 is 1.17 bits per heavy atom. The van der Waals surface area contributed by atoms with Gasteiger partial charge >= 0.3 is 0 Å². The van der Waals surface area contributed by atoms with E-state index in [2.05, 4.69) is 5.43 Å². The van der Waals surface area contributed by atoms with Crippen molar-refractivity contribution in [3.05, 3.63) is 52.3 Å². The quantitative estimate of drug-likeness (QED) is 0.860. The Morgan fingerprint density at radius 3 is 2.56 bits per heavy atom. The monoisotopic (exact) mass is 284 g/mol. The molecule has 96 valence electrons. The number of hydrazine groups is 1. The fourth-order valence-electron chi connectivity index (χ4n) is 1.65. The molecule has 5 heteroatoms. The lowest BCUT2D eigenvalue weighted by Gasteiger charge is -2.27. The van der Waals surface area contributed by atoms with Crippen LogP contribution in [0.2, 0.25) is 0 Å². The summed E-state index contributed by atoms with van der Waals surface area (Å²) in [6.07, 6.45) is 4.37. The molecule has 0 amide bonds. The molecule has 0 unspecified atom stereocenters. The maximum atomic E-state index is 6.06. The van der Waals surface area contributed by atoms with Gasteiger partial charge in [-0.1, -0.05) is 35.3 Å². The second kappa shape index (κ2) is 6.03. The Hall–Kier alpha value is -1.32. The topological polar surface area (TPSA) is 24.5 Å². The van der Waals surface area contributed by atoms with Gasteiger partial charge < -0.3 is 4.74 Å². The standard InChI is InChI=1S/C13H14Cl2N2O/c1-18-11-4-2-10(3-5-11)8-9-17-13(15)7-6-12(14)16-17/h2-7,16H,8-9H2,1H3. The first-order valence-electron chi connectivity index (χ1n) is 5.59. The number of hydrogen-bond acceptors (Lipinski definition) is 3. The predicted molar refractivity (Wildman–Crippen MR) is 74.4 cm³/mol. The third-order valence-electron chi connectivity index (χ3n) is 2.65. The normalized spacial score (nSPS) is 14.7. The van der Waals surface area contributed by atoms with Gasteiger partial charge in [0.05, 0.1) is 7.11 Å². The summed E-state index contributed by atoms with van der Waals surface area (Å²) in [4.78, 5) is 0. The molecule has 0 spiro atoms. The number of hydrogen-bond donors (Lipinski definition) is 1. The van der Waals surface area contributed by atoms with Gasteiger partial charge in [-0.2, -0.15) is 0 Å². The van der Waals surface area contributed by atoms with Gasteiger partial charge in [0.15, 0.2) is 0 Å². The maximum Gasteiger partial charge on any atom is 0.123 e. The molecule has 1 N–H and O–H groups in total. The van der Waals surface area contributed by atoms with Crippen LogP contribution < -0.4 is 10.2 Å². The minimum Gasteiger partial charge on any atom is -0.497 e. The Balaban J connectivity index is 1.91. The van der Waals surface area contributed by atoms with Crippen LogP contribution in [0.25, 0.3) is 0 Å². The van der Waals surface area contributed by atoms with Crippen LogP contribution in [0.5, 0.6) is 5.75 Å². The van der Waals surface area contributed by atoms with Crippen LogP contribution in [-0.2, 0) is 6.42 Å². The van der Waals surface area contributed by atoms with Crippen molar-refractivity contribution in [3.63, 3.8) is 0 Å². The van der Waals surface area contributed by atoms with Crippen LogP contribution in [-0.4, -0.2) is 18.7 Å². The maximum absolute atomic E-state index is 6.06. The molecular weight excluding hydrogens is 271 g/mol. The number of ether oxygens (including phenoxy) is 1. The van der Waals surface area contributed by atoms with Gasteiger partial charge in [-0.05, 0) is 36.3 Å². The first-order valence-corrected chi connectivity index (χ1v) is 6.35. The Bertz CT molecular complexity index is 468. The van der Waals surface area contributed by atoms with Crippen molar-refractivity contribution in [3.8, 4) is 5.75 Å². The van der Waals surface area contributed by atoms with Crippen LogP contribution in [0.15, 0.2) is 46.7 Å². The summed E-state index contributed by atoms with van der Waals surface area (Å²) in [6.45, 7) is 0.742. The van der Waals surface area contributed by atoms with Crippen LogP contribution >= 0.6 is 23.2 Å². The van der Waals surface area contributed by atoms with E-state index < -0.39 is 0 Å². The van der Waals surface area contributed by atoms with Gasteiger partial charge in [0.2, 0.25) is 0 Å².